The number of fused-ring (bicyclic) bond motifs is 1. The molecule has 2 heterocycles. The quantitative estimate of drug-likeness (QED) is 0.946. The Labute approximate surface area is 129 Å². The molecule has 1 N–H and O–H groups in total. The SMILES string of the molecule is CCOc1nc2cc(C)ccc2n1C1CCN(C(=O)O)CC1. The summed E-state index contributed by atoms with van der Waals surface area (Å²) >= 11 is 0. The minimum Gasteiger partial charge on any atom is -0.465 e. The highest BCUT2D eigenvalue weighted by molar-refractivity contribution is 5.77. The summed E-state index contributed by atoms with van der Waals surface area (Å²) in [4.78, 5) is 17.1. The van der Waals surface area contributed by atoms with Gasteiger partial charge in [-0.2, -0.15) is 4.98 Å². The number of imidazole rings is 1. The van der Waals surface area contributed by atoms with Crippen LogP contribution in [0.2, 0.25) is 0 Å². The van der Waals surface area contributed by atoms with Crippen molar-refractivity contribution in [3.8, 4) is 6.01 Å². The standard InChI is InChI=1S/C16H21N3O3/c1-3-22-15-17-13-10-11(2)4-5-14(13)19(15)12-6-8-18(9-7-12)16(20)21/h4-5,10,12H,3,6-9H2,1-2H3,(H,20,21). The molecule has 2 aromatic rings. The van der Waals surface area contributed by atoms with E-state index in [1.54, 1.807) is 0 Å². The van der Waals surface area contributed by atoms with Crippen molar-refractivity contribution in [3.63, 3.8) is 0 Å². The van der Waals surface area contributed by atoms with E-state index in [0.717, 1.165) is 23.9 Å². The minimum absolute atomic E-state index is 0.227. The molecule has 1 aliphatic heterocycles. The first-order valence-electron chi connectivity index (χ1n) is 7.69. The molecule has 1 fully saturated rings. The predicted molar refractivity (Wildman–Crippen MR) is 83.5 cm³/mol. The lowest BCUT2D eigenvalue weighted by Gasteiger charge is -2.31. The molecule has 0 bridgehead atoms. The van der Waals surface area contributed by atoms with Crippen molar-refractivity contribution in [3.05, 3.63) is 23.8 Å². The van der Waals surface area contributed by atoms with E-state index in [1.807, 2.05) is 13.8 Å². The number of carboxylic acid groups (broad SMARTS) is 1. The molecule has 0 aliphatic carbocycles. The molecule has 6 heteroatoms. The second kappa shape index (κ2) is 5.87. The minimum atomic E-state index is -0.838. The topological polar surface area (TPSA) is 67.6 Å². The zero-order valence-electron chi connectivity index (χ0n) is 13.0. The van der Waals surface area contributed by atoms with E-state index in [9.17, 15) is 4.79 Å². The third-order valence-corrected chi connectivity index (χ3v) is 4.19. The van der Waals surface area contributed by atoms with Gasteiger partial charge in [0.1, 0.15) is 0 Å². The lowest BCUT2D eigenvalue weighted by atomic mass is 10.0. The van der Waals surface area contributed by atoms with Gasteiger partial charge in [0.2, 0.25) is 0 Å². The van der Waals surface area contributed by atoms with Gasteiger partial charge in [0.25, 0.3) is 6.01 Å². The molecule has 0 saturated carbocycles. The molecule has 0 atom stereocenters. The summed E-state index contributed by atoms with van der Waals surface area (Å²) in [6.07, 6.45) is 0.729. The largest absolute Gasteiger partial charge is 0.465 e. The van der Waals surface area contributed by atoms with E-state index in [-0.39, 0.29) is 6.04 Å². The molecule has 1 amide bonds. The van der Waals surface area contributed by atoms with Crippen LogP contribution in [0, 0.1) is 6.92 Å². The fourth-order valence-electron chi connectivity index (χ4n) is 3.09. The van der Waals surface area contributed by atoms with Crippen LogP contribution in [0.15, 0.2) is 18.2 Å². The number of benzene rings is 1. The van der Waals surface area contributed by atoms with Crippen molar-refractivity contribution in [1.82, 2.24) is 14.5 Å². The van der Waals surface area contributed by atoms with E-state index in [1.165, 1.54) is 10.5 Å². The highest BCUT2D eigenvalue weighted by atomic mass is 16.5. The molecular weight excluding hydrogens is 282 g/mol. The zero-order valence-corrected chi connectivity index (χ0v) is 13.0. The van der Waals surface area contributed by atoms with E-state index < -0.39 is 6.09 Å². The molecule has 1 saturated heterocycles. The lowest BCUT2D eigenvalue weighted by molar-refractivity contribution is 0.124. The summed E-state index contributed by atoms with van der Waals surface area (Å²) in [6, 6.07) is 7.06. The molecule has 0 spiro atoms. The lowest BCUT2D eigenvalue weighted by Crippen LogP contribution is -2.38. The number of aryl methyl sites for hydroxylation is 1. The van der Waals surface area contributed by atoms with Crippen molar-refractivity contribution < 1.29 is 14.6 Å². The fraction of sp³-hybridized carbons (Fsp3) is 0.500. The Morgan fingerprint density at radius 3 is 2.77 bits per heavy atom. The Morgan fingerprint density at radius 2 is 2.14 bits per heavy atom. The third kappa shape index (κ3) is 2.61. The normalized spacial score (nSPS) is 16.2. The van der Waals surface area contributed by atoms with Crippen LogP contribution >= 0.6 is 0 Å². The predicted octanol–water partition coefficient (Wildman–Crippen LogP) is 3.06. The maximum Gasteiger partial charge on any atom is 0.407 e. The second-order valence-corrected chi connectivity index (χ2v) is 5.69. The number of ether oxygens (including phenoxy) is 1. The van der Waals surface area contributed by atoms with Gasteiger partial charge in [-0.05, 0) is 44.4 Å². The van der Waals surface area contributed by atoms with Crippen LogP contribution in [-0.2, 0) is 0 Å². The summed E-state index contributed by atoms with van der Waals surface area (Å²) < 4.78 is 7.85. The van der Waals surface area contributed by atoms with E-state index in [0.29, 0.717) is 25.7 Å². The van der Waals surface area contributed by atoms with Crippen LogP contribution in [0.1, 0.15) is 31.4 Å². The highest BCUT2D eigenvalue weighted by Gasteiger charge is 2.27. The summed E-state index contributed by atoms with van der Waals surface area (Å²) in [5, 5.41) is 9.08. The van der Waals surface area contributed by atoms with Gasteiger partial charge in [-0.15, -0.1) is 0 Å². The van der Waals surface area contributed by atoms with Crippen molar-refractivity contribution in [1.29, 1.82) is 0 Å². The molecule has 1 aromatic carbocycles. The molecule has 0 unspecified atom stereocenters. The smallest absolute Gasteiger partial charge is 0.407 e. The van der Waals surface area contributed by atoms with Crippen molar-refractivity contribution >= 4 is 17.1 Å². The monoisotopic (exact) mass is 303 g/mol. The summed E-state index contributed by atoms with van der Waals surface area (Å²) in [5.41, 5.74) is 3.16. The molecule has 3 rings (SSSR count). The average molecular weight is 303 g/mol. The Morgan fingerprint density at radius 1 is 1.41 bits per heavy atom. The van der Waals surface area contributed by atoms with E-state index in [4.69, 9.17) is 9.84 Å². The third-order valence-electron chi connectivity index (χ3n) is 4.19. The summed E-state index contributed by atoms with van der Waals surface area (Å²) in [5.74, 6) is 0. The summed E-state index contributed by atoms with van der Waals surface area (Å²) in [7, 11) is 0. The van der Waals surface area contributed by atoms with Gasteiger partial charge in [-0.3, -0.25) is 4.57 Å². The number of carbonyl (C=O) groups is 1. The number of piperidine rings is 1. The van der Waals surface area contributed by atoms with Gasteiger partial charge in [-0.25, -0.2) is 4.79 Å². The van der Waals surface area contributed by atoms with E-state index in [2.05, 4.69) is 27.8 Å². The molecule has 1 aliphatic rings. The van der Waals surface area contributed by atoms with Crippen molar-refractivity contribution in [2.45, 2.75) is 32.7 Å². The highest BCUT2D eigenvalue weighted by Crippen LogP contribution is 2.32. The van der Waals surface area contributed by atoms with Gasteiger partial charge in [0, 0.05) is 19.1 Å². The van der Waals surface area contributed by atoms with Crippen molar-refractivity contribution in [2.24, 2.45) is 0 Å². The average Bonchev–Trinajstić information content (AvgIpc) is 2.84. The van der Waals surface area contributed by atoms with Gasteiger partial charge in [-0.1, -0.05) is 6.07 Å². The van der Waals surface area contributed by atoms with Crippen LogP contribution in [0.5, 0.6) is 6.01 Å². The van der Waals surface area contributed by atoms with Gasteiger partial charge < -0.3 is 14.7 Å². The number of hydrogen-bond donors (Lipinski definition) is 1. The number of nitrogens with zero attached hydrogens (tertiary/aromatic N) is 3. The van der Waals surface area contributed by atoms with Gasteiger partial charge >= 0.3 is 6.09 Å². The maximum atomic E-state index is 11.0. The molecule has 1 aromatic heterocycles. The van der Waals surface area contributed by atoms with Crippen LogP contribution in [0.25, 0.3) is 11.0 Å². The summed E-state index contributed by atoms with van der Waals surface area (Å²) in [6.45, 7) is 5.66. The van der Waals surface area contributed by atoms with Crippen LogP contribution in [-0.4, -0.2) is 45.3 Å². The number of rotatable bonds is 3. The van der Waals surface area contributed by atoms with Crippen molar-refractivity contribution in [2.75, 3.05) is 19.7 Å². The second-order valence-electron chi connectivity index (χ2n) is 5.69. The number of aromatic nitrogens is 2. The first kappa shape index (κ1) is 14.7. The molecule has 22 heavy (non-hydrogen) atoms. The molecular formula is C16H21N3O3. The number of hydrogen-bond acceptors (Lipinski definition) is 3. The van der Waals surface area contributed by atoms with Gasteiger partial charge in [0.05, 0.1) is 17.6 Å². The number of likely N-dealkylation sites (tertiary alicyclic amines) is 1. The fourth-order valence-corrected chi connectivity index (χ4v) is 3.09. The van der Waals surface area contributed by atoms with Crippen LogP contribution in [0.4, 0.5) is 4.79 Å². The Hall–Kier alpha value is -2.24. The molecule has 118 valence electrons. The van der Waals surface area contributed by atoms with E-state index >= 15 is 0 Å². The molecule has 0 radical (unpaired) electrons. The molecule has 6 nitrogen and oxygen atoms in total. The first-order valence-corrected chi connectivity index (χ1v) is 7.69. The first-order chi connectivity index (χ1) is 10.6. The Bertz CT molecular complexity index is 687. The Balaban J connectivity index is 1.95. The number of amides is 1. The van der Waals surface area contributed by atoms with Gasteiger partial charge in [0.15, 0.2) is 0 Å². The van der Waals surface area contributed by atoms with Crippen LogP contribution < -0.4 is 4.74 Å². The zero-order chi connectivity index (χ0) is 15.7. The Kier molecular flexibility index (Phi) is 3.92. The maximum absolute atomic E-state index is 11.0. The van der Waals surface area contributed by atoms with Crippen LogP contribution in [0.3, 0.4) is 0 Å².